The highest BCUT2D eigenvalue weighted by atomic mass is 79.9. The van der Waals surface area contributed by atoms with Crippen molar-refractivity contribution in [2.75, 3.05) is 18.0 Å². The lowest BCUT2D eigenvalue weighted by atomic mass is 10.6. The molecular weight excluding hydrogens is 304 g/mol. The van der Waals surface area contributed by atoms with E-state index in [1.165, 1.54) is 0 Å². The van der Waals surface area contributed by atoms with Gasteiger partial charge in [-0.25, -0.2) is 4.98 Å². The van der Waals surface area contributed by atoms with Crippen molar-refractivity contribution in [1.29, 1.82) is 0 Å². The number of halogens is 2. The average Bonchev–Trinajstić information content (AvgIpc) is 2.35. The number of anilines is 1. The fourth-order valence-electron chi connectivity index (χ4n) is 0.902. The van der Waals surface area contributed by atoms with Crippen LogP contribution in [-0.4, -0.2) is 18.1 Å². The lowest BCUT2D eigenvalue weighted by Gasteiger charge is -2.16. The molecule has 0 aliphatic rings. The summed E-state index contributed by atoms with van der Waals surface area (Å²) in [6.07, 6.45) is 0. The summed E-state index contributed by atoms with van der Waals surface area (Å²) < 4.78 is 1.96. The van der Waals surface area contributed by atoms with Gasteiger partial charge in [0, 0.05) is 13.1 Å². The number of aromatic nitrogens is 1. The van der Waals surface area contributed by atoms with Crippen LogP contribution in [0.2, 0.25) is 0 Å². The molecule has 1 aromatic rings. The summed E-state index contributed by atoms with van der Waals surface area (Å²) in [6.45, 7) is 6.27. The maximum absolute atomic E-state index is 4.37. The van der Waals surface area contributed by atoms with Crippen molar-refractivity contribution in [3.05, 3.63) is 8.39 Å². The predicted molar refractivity (Wildman–Crippen MR) is 61.1 cm³/mol. The van der Waals surface area contributed by atoms with Gasteiger partial charge in [0.15, 0.2) is 5.13 Å². The lowest BCUT2D eigenvalue weighted by molar-refractivity contribution is 0.858. The van der Waals surface area contributed by atoms with Crippen LogP contribution >= 0.6 is 43.2 Å². The van der Waals surface area contributed by atoms with E-state index in [-0.39, 0.29) is 0 Å². The fourth-order valence-corrected chi connectivity index (χ4v) is 2.77. The molecule has 0 radical (unpaired) electrons. The van der Waals surface area contributed by atoms with Crippen molar-refractivity contribution in [1.82, 2.24) is 4.98 Å². The maximum Gasteiger partial charge on any atom is 0.187 e. The van der Waals surface area contributed by atoms with E-state index in [2.05, 4.69) is 55.6 Å². The highest BCUT2D eigenvalue weighted by Crippen LogP contribution is 2.33. The van der Waals surface area contributed by atoms with E-state index in [9.17, 15) is 0 Å². The Hall–Kier alpha value is 0.390. The minimum atomic E-state index is 0.898. The first-order chi connectivity index (χ1) is 5.69. The molecule has 0 bridgehead atoms. The molecule has 0 aliphatic heterocycles. The van der Waals surface area contributed by atoms with Crippen molar-refractivity contribution in [3.8, 4) is 0 Å². The van der Waals surface area contributed by atoms with Crippen LogP contribution in [-0.2, 0) is 0 Å². The molecule has 0 aromatic carbocycles. The van der Waals surface area contributed by atoms with Gasteiger partial charge >= 0.3 is 0 Å². The summed E-state index contributed by atoms with van der Waals surface area (Å²) >= 11 is 8.45. The Morgan fingerprint density at radius 3 is 2.25 bits per heavy atom. The maximum atomic E-state index is 4.37. The second-order valence-corrected chi connectivity index (χ2v) is 5.28. The predicted octanol–water partition coefficient (Wildman–Crippen LogP) is 3.51. The van der Waals surface area contributed by atoms with Gasteiger partial charge in [0.25, 0.3) is 0 Å². The van der Waals surface area contributed by atoms with E-state index in [4.69, 9.17) is 0 Å². The van der Waals surface area contributed by atoms with Crippen LogP contribution in [0.5, 0.6) is 0 Å². The summed E-state index contributed by atoms with van der Waals surface area (Å²) in [4.78, 5) is 6.59. The van der Waals surface area contributed by atoms with Gasteiger partial charge in [-0.05, 0) is 45.7 Å². The number of rotatable bonds is 3. The third kappa shape index (κ3) is 2.20. The molecule has 0 N–H and O–H groups in total. The van der Waals surface area contributed by atoms with Crippen LogP contribution in [0.4, 0.5) is 5.13 Å². The standard InChI is InChI=1S/C7H10Br2N2S/c1-3-11(4-2)7-10-5(8)6(9)12-7/h3-4H2,1-2H3. The largest absolute Gasteiger partial charge is 0.349 e. The SMILES string of the molecule is CCN(CC)c1nc(Br)c(Br)s1. The van der Waals surface area contributed by atoms with Gasteiger partial charge in [0.2, 0.25) is 0 Å². The van der Waals surface area contributed by atoms with E-state index < -0.39 is 0 Å². The molecule has 68 valence electrons. The Bertz CT molecular complexity index is 238. The van der Waals surface area contributed by atoms with Gasteiger partial charge in [0.05, 0.1) is 0 Å². The molecule has 0 spiro atoms. The zero-order valence-corrected chi connectivity index (χ0v) is 11.0. The van der Waals surface area contributed by atoms with E-state index >= 15 is 0 Å². The molecule has 5 heteroatoms. The van der Waals surface area contributed by atoms with Gasteiger partial charge in [-0.2, -0.15) is 0 Å². The Kier molecular flexibility index (Phi) is 3.99. The molecule has 2 nitrogen and oxygen atoms in total. The number of nitrogens with zero attached hydrogens (tertiary/aromatic N) is 2. The Labute approximate surface area is 93.2 Å². The van der Waals surface area contributed by atoms with E-state index in [0.29, 0.717) is 0 Å². The topological polar surface area (TPSA) is 16.1 Å². The Morgan fingerprint density at radius 2 is 1.92 bits per heavy atom. The normalized spacial score (nSPS) is 10.3. The van der Waals surface area contributed by atoms with Crippen molar-refractivity contribution >= 4 is 48.3 Å². The van der Waals surface area contributed by atoms with E-state index in [1.807, 2.05) is 0 Å². The third-order valence-electron chi connectivity index (χ3n) is 1.57. The summed E-state index contributed by atoms with van der Waals surface area (Å²) in [7, 11) is 0. The minimum Gasteiger partial charge on any atom is -0.349 e. The summed E-state index contributed by atoms with van der Waals surface area (Å²) in [5.74, 6) is 0. The summed E-state index contributed by atoms with van der Waals surface area (Å²) in [5, 5.41) is 1.07. The zero-order chi connectivity index (χ0) is 9.14. The zero-order valence-electron chi connectivity index (χ0n) is 6.97. The summed E-state index contributed by atoms with van der Waals surface area (Å²) in [5.41, 5.74) is 0. The van der Waals surface area contributed by atoms with Crippen LogP contribution in [0.3, 0.4) is 0 Å². The summed E-state index contributed by atoms with van der Waals surface area (Å²) in [6, 6.07) is 0. The van der Waals surface area contributed by atoms with Crippen LogP contribution in [0.25, 0.3) is 0 Å². The molecule has 0 amide bonds. The first-order valence-corrected chi connectivity index (χ1v) is 6.16. The first kappa shape index (κ1) is 10.5. The molecule has 1 rings (SSSR count). The number of hydrogen-bond acceptors (Lipinski definition) is 3. The fraction of sp³-hybridized carbons (Fsp3) is 0.571. The van der Waals surface area contributed by atoms with Gasteiger partial charge in [-0.15, -0.1) is 0 Å². The molecule has 0 saturated heterocycles. The smallest absolute Gasteiger partial charge is 0.187 e. The molecule has 0 aliphatic carbocycles. The Morgan fingerprint density at radius 1 is 1.33 bits per heavy atom. The van der Waals surface area contributed by atoms with Gasteiger partial charge in [0.1, 0.15) is 8.39 Å². The lowest BCUT2D eigenvalue weighted by Crippen LogP contribution is -2.21. The molecule has 1 heterocycles. The van der Waals surface area contributed by atoms with Gasteiger partial charge in [-0.3, -0.25) is 0 Å². The monoisotopic (exact) mass is 312 g/mol. The van der Waals surface area contributed by atoms with Crippen LogP contribution in [0.1, 0.15) is 13.8 Å². The van der Waals surface area contributed by atoms with E-state index in [0.717, 1.165) is 26.6 Å². The molecule has 0 unspecified atom stereocenters. The molecule has 12 heavy (non-hydrogen) atoms. The van der Waals surface area contributed by atoms with Crippen molar-refractivity contribution < 1.29 is 0 Å². The number of thiazole rings is 1. The molecule has 1 aromatic heterocycles. The highest BCUT2D eigenvalue weighted by molar-refractivity contribution is 9.13. The Balaban J connectivity index is 2.86. The second kappa shape index (κ2) is 4.58. The molecular formula is C7H10Br2N2S. The number of hydrogen-bond donors (Lipinski definition) is 0. The quantitative estimate of drug-likeness (QED) is 0.849. The molecule has 0 fully saturated rings. The molecule has 0 atom stereocenters. The van der Waals surface area contributed by atoms with Crippen molar-refractivity contribution in [3.63, 3.8) is 0 Å². The third-order valence-corrected chi connectivity index (χ3v) is 4.70. The first-order valence-electron chi connectivity index (χ1n) is 3.75. The van der Waals surface area contributed by atoms with Crippen molar-refractivity contribution in [2.45, 2.75) is 13.8 Å². The van der Waals surface area contributed by atoms with Crippen LogP contribution < -0.4 is 4.90 Å². The molecule has 0 saturated carbocycles. The van der Waals surface area contributed by atoms with Gasteiger partial charge in [-0.1, -0.05) is 11.3 Å². The second-order valence-electron chi connectivity index (χ2n) is 2.23. The van der Waals surface area contributed by atoms with Crippen LogP contribution in [0, 0.1) is 0 Å². The highest BCUT2D eigenvalue weighted by Gasteiger charge is 2.10. The average molecular weight is 314 g/mol. The van der Waals surface area contributed by atoms with Crippen molar-refractivity contribution in [2.24, 2.45) is 0 Å². The minimum absolute atomic E-state index is 0.898. The van der Waals surface area contributed by atoms with E-state index in [1.54, 1.807) is 11.3 Å². The van der Waals surface area contributed by atoms with Crippen LogP contribution in [0.15, 0.2) is 8.39 Å². The van der Waals surface area contributed by atoms with Gasteiger partial charge < -0.3 is 4.90 Å².